The van der Waals surface area contributed by atoms with Crippen molar-refractivity contribution in [2.75, 3.05) is 32.7 Å². The van der Waals surface area contributed by atoms with Crippen LogP contribution in [0.25, 0.3) is 0 Å². The Balaban J connectivity index is 1.96. The van der Waals surface area contributed by atoms with Gasteiger partial charge in [0, 0.05) is 32.7 Å². The molecule has 0 spiro atoms. The SMILES string of the molecule is Cc1csc(C(=O)N2CCN(CC(N)=S)CC2)c1Cl. The highest BCUT2D eigenvalue weighted by Crippen LogP contribution is 2.28. The third kappa shape index (κ3) is 3.45. The van der Waals surface area contributed by atoms with Crippen molar-refractivity contribution in [3.63, 3.8) is 0 Å². The van der Waals surface area contributed by atoms with Crippen LogP contribution in [0.2, 0.25) is 5.02 Å². The number of nitrogens with zero attached hydrogens (tertiary/aromatic N) is 2. The molecular formula is C12H16ClN3OS2. The molecule has 2 rings (SSSR count). The van der Waals surface area contributed by atoms with Gasteiger partial charge in [-0.2, -0.15) is 0 Å². The van der Waals surface area contributed by atoms with Gasteiger partial charge in [0.2, 0.25) is 0 Å². The first-order chi connectivity index (χ1) is 8.99. The predicted molar refractivity (Wildman–Crippen MR) is 83.2 cm³/mol. The summed E-state index contributed by atoms with van der Waals surface area (Å²) in [4.78, 5) is 17.5. The number of rotatable bonds is 3. The van der Waals surface area contributed by atoms with Crippen molar-refractivity contribution in [1.82, 2.24) is 9.80 Å². The van der Waals surface area contributed by atoms with Crippen LogP contribution in [0.4, 0.5) is 0 Å². The third-order valence-electron chi connectivity index (χ3n) is 3.13. The van der Waals surface area contributed by atoms with Gasteiger partial charge in [0.05, 0.1) is 10.0 Å². The Labute approximate surface area is 127 Å². The first kappa shape index (κ1) is 14.7. The monoisotopic (exact) mass is 317 g/mol. The third-order valence-corrected chi connectivity index (χ3v) is 4.95. The van der Waals surface area contributed by atoms with Crippen LogP contribution in [0, 0.1) is 6.92 Å². The zero-order valence-corrected chi connectivity index (χ0v) is 13.1. The Hall–Kier alpha value is -0.690. The smallest absolute Gasteiger partial charge is 0.265 e. The van der Waals surface area contributed by atoms with Crippen LogP contribution in [0.5, 0.6) is 0 Å². The molecule has 2 heterocycles. The van der Waals surface area contributed by atoms with E-state index in [4.69, 9.17) is 29.6 Å². The van der Waals surface area contributed by atoms with Gasteiger partial charge in [-0.1, -0.05) is 23.8 Å². The van der Waals surface area contributed by atoms with Crippen LogP contribution < -0.4 is 5.73 Å². The predicted octanol–water partition coefficient (Wildman–Crippen LogP) is 1.75. The molecule has 4 nitrogen and oxygen atoms in total. The van der Waals surface area contributed by atoms with E-state index in [1.165, 1.54) is 11.3 Å². The molecule has 1 saturated heterocycles. The molecule has 0 aliphatic carbocycles. The molecule has 0 radical (unpaired) electrons. The van der Waals surface area contributed by atoms with Crippen LogP contribution in [-0.4, -0.2) is 53.4 Å². The molecule has 1 aliphatic rings. The number of nitrogens with two attached hydrogens (primary N) is 1. The van der Waals surface area contributed by atoms with Gasteiger partial charge in [0.15, 0.2) is 0 Å². The molecule has 1 aromatic heterocycles. The molecule has 0 saturated carbocycles. The topological polar surface area (TPSA) is 49.6 Å². The van der Waals surface area contributed by atoms with Crippen LogP contribution >= 0.6 is 35.2 Å². The maximum atomic E-state index is 12.3. The van der Waals surface area contributed by atoms with Crippen molar-refractivity contribution in [1.29, 1.82) is 0 Å². The largest absolute Gasteiger partial charge is 0.392 e. The summed E-state index contributed by atoms with van der Waals surface area (Å²) in [6, 6.07) is 0. The number of amides is 1. The van der Waals surface area contributed by atoms with Crippen LogP contribution in [0.15, 0.2) is 5.38 Å². The molecule has 1 aromatic rings. The van der Waals surface area contributed by atoms with Gasteiger partial charge in [-0.15, -0.1) is 11.3 Å². The Morgan fingerprint density at radius 2 is 2.11 bits per heavy atom. The molecule has 0 bridgehead atoms. The molecule has 1 fully saturated rings. The highest BCUT2D eigenvalue weighted by molar-refractivity contribution is 7.80. The standard InChI is InChI=1S/C12H16ClN3OS2/c1-8-7-19-11(10(8)13)12(17)16-4-2-15(3-5-16)6-9(14)18/h7H,2-6H2,1H3,(H2,14,18). The van der Waals surface area contributed by atoms with E-state index in [9.17, 15) is 4.79 Å². The molecular weight excluding hydrogens is 302 g/mol. The zero-order chi connectivity index (χ0) is 14.0. The number of piperazine rings is 1. The molecule has 0 aromatic carbocycles. The van der Waals surface area contributed by atoms with Gasteiger partial charge in [-0.25, -0.2) is 0 Å². The van der Waals surface area contributed by atoms with Gasteiger partial charge in [0.25, 0.3) is 5.91 Å². The second-order valence-electron chi connectivity index (χ2n) is 4.60. The zero-order valence-electron chi connectivity index (χ0n) is 10.7. The van der Waals surface area contributed by atoms with E-state index >= 15 is 0 Å². The minimum absolute atomic E-state index is 0.0260. The molecule has 19 heavy (non-hydrogen) atoms. The van der Waals surface area contributed by atoms with Crippen LogP contribution in [0.3, 0.4) is 0 Å². The quantitative estimate of drug-likeness (QED) is 0.863. The van der Waals surface area contributed by atoms with E-state index in [-0.39, 0.29) is 5.91 Å². The van der Waals surface area contributed by atoms with Crippen LogP contribution in [-0.2, 0) is 0 Å². The number of carbonyl (C=O) groups is 1. The summed E-state index contributed by atoms with van der Waals surface area (Å²) in [5.41, 5.74) is 6.49. The second-order valence-corrected chi connectivity index (χ2v) is 6.38. The summed E-state index contributed by atoms with van der Waals surface area (Å²) in [5, 5.41) is 2.50. The first-order valence-electron chi connectivity index (χ1n) is 6.02. The van der Waals surface area contributed by atoms with Gasteiger partial charge in [-0.05, 0) is 17.9 Å². The fraction of sp³-hybridized carbons (Fsp3) is 0.500. The summed E-state index contributed by atoms with van der Waals surface area (Å²) < 4.78 is 0. The molecule has 104 valence electrons. The van der Waals surface area contributed by atoms with E-state index in [0.29, 0.717) is 34.5 Å². The summed E-state index contributed by atoms with van der Waals surface area (Å²) in [5.74, 6) is 0.0260. The van der Waals surface area contributed by atoms with E-state index in [0.717, 1.165) is 18.7 Å². The first-order valence-corrected chi connectivity index (χ1v) is 7.69. The average molecular weight is 318 g/mol. The Kier molecular flexibility index (Phi) is 4.78. The van der Waals surface area contributed by atoms with Crippen molar-refractivity contribution >= 4 is 46.1 Å². The molecule has 1 aliphatic heterocycles. The average Bonchev–Trinajstić information content (AvgIpc) is 2.69. The summed E-state index contributed by atoms with van der Waals surface area (Å²) in [6.45, 7) is 5.51. The van der Waals surface area contributed by atoms with E-state index in [1.54, 1.807) is 0 Å². The van der Waals surface area contributed by atoms with Gasteiger partial charge >= 0.3 is 0 Å². The summed E-state index contributed by atoms with van der Waals surface area (Å²) in [6.07, 6.45) is 0. The van der Waals surface area contributed by atoms with Crippen molar-refractivity contribution in [3.05, 3.63) is 20.8 Å². The number of hydrogen-bond donors (Lipinski definition) is 1. The van der Waals surface area contributed by atoms with Gasteiger partial charge < -0.3 is 10.6 Å². The van der Waals surface area contributed by atoms with E-state index < -0.39 is 0 Å². The molecule has 1 amide bonds. The number of halogens is 1. The van der Waals surface area contributed by atoms with Gasteiger partial charge in [0.1, 0.15) is 4.88 Å². The summed E-state index contributed by atoms with van der Waals surface area (Å²) in [7, 11) is 0. The van der Waals surface area contributed by atoms with Gasteiger partial charge in [-0.3, -0.25) is 9.69 Å². The van der Waals surface area contributed by atoms with Crippen molar-refractivity contribution in [2.45, 2.75) is 6.92 Å². The number of thiophene rings is 1. The number of carbonyl (C=O) groups excluding carboxylic acids is 1. The maximum absolute atomic E-state index is 12.3. The lowest BCUT2D eigenvalue weighted by atomic mass is 10.2. The molecule has 7 heteroatoms. The Morgan fingerprint density at radius 1 is 1.47 bits per heavy atom. The van der Waals surface area contributed by atoms with Crippen molar-refractivity contribution in [3.8, 4) is 0 Å². The Bertz CT molecular complexity index is 495. The summed E-state index contributed by atoms with van der Waals surface area (Å²) >= 11 is 12.4. The number of hydrogen-bond acceptors (Lipinski definition) is 4. The molecule has 0 unspecified atom stereocenters. The highest BCUT2D eigenvalue weighted by Gasteiger charge is 2.25. The minimum Gasteiger partial charge on any atom is -0.392 e. The number of aryl methyl sites for hydroxylation is 1. The Morgan fingerprint density at radius 3 is 2.58 bits per heavy atom. The van der Waals surface area contributed by atoms with Crippen LogP contribution in [0.1, 0.15) is 15.2 Å². The lowest BCUT2D eigenvalue weighted by Gasteiger charge is -2.34. The normalized spacial score (nSPS) is 16.6. The van der Waals surface area contributed by atoms with Crippen molar-refractivity contribution < 1.29 is 4.79 Å². The van der Waals surface area contributed by atoms with E-state index in [2.05, 4.69) is 4.90 Å². The maximum Gasteiger partial charge on any atom is 0.265 e. The fourth-order valence-electron chi connectivity index (χ4n) is 2.05. The lowest BCUT2D eigenvalue weighted by molar-refractivity contribution is 0.0659. The van der Waals surface area contributed by atoms with E-state index in [1.807, 2.05) is 17.2 Å². The highest BCUT2D eigenvalue weighted by atomic mass is 35.5. The number of thiocarbonyl (C=S) groups is 1. The molecule has 2 N–H and O–H groups in total. The second kappa shape index (κ2) is 6.17. The fourth-order valence-corrected chi connectivity index (χ4v) is 3.47. The lowest BCUT2D eigenvalue weighted by Crippen LogP contribution is -2.50. The minimum atomic E-state index is 0.0260. The van der Waals surface area contributed by atoms with Crippen molar-refractivity contribution in [2.24, 2.45) is 5.73 Å². The molecule has 0 atom stereocenters.